The third kappa shape index (κ3) is 2.62. The highest BCUT2D eigenvalue weighted by molar-refractivity contribution is 7.16. The second kappa shape index (κ2) is 5.57. The summed E-state index contributed by atoms with van der Waals surface area (Å²) in [5.74, 6) is 2.15. The normalized spacial score (nSPS) is 10.6. The highest BCUT2D eigenvalue weighted by Crippen LogP contribution is 2.32. The topological polar surface area (TPSA) is 59.1 Å². The fourth-order valence-electron chi connectivity index (χ4n) is 2.11. The van der Waals surface area contributed by atoms with E-state index in [1.807, 2.05) is 43.6 Å². The molecule has 0 unspecified atom stereocenters. The number of rotatable bonds is 4. The van der Waals surface area contributed by atoms with Gasteiger partial charge in [0.25, 0.3) is 0 Å². The van der Waals surface area contributed by atoms with Gasteiger partial charge in [0.2, 0.25) is 5.95 Å². The molecule has 0 aliphatic carbocycles. The van der Waals surface area contributed by atoms with E-state index in [0.29, 0.717) is 5.95 Å². The van der Waals surface area contributed by atoms with E-state index in [2.05, 4.69) is 20.6 Å². The van der Waals surface area contributed by atoms with Crippen LogP contribution in [0.15, 0.2) is 29.6 Å². The molecule has 0 saturated heterocycles. The number of nitrogens with one attached hydrogen (secondary N) is 2. The van der Waals surface area contributed by atoms with Crippen LogP contribution in [0.1, 0.15) is 5.56 Å². The second-order valence-electron chi connectivity index (χ2n) is 4.61. The van der Waals surface area contributed by atoms with Crippen LogP contribution >= 0.6 is 11.3 Å². The van der Waals surface area contributed by atoms with Gasteiger partial charge in [-0.05, 0) is 36.1 Å². The van der Waals surface area contributed by atoms with Crippen molar-refractivity contribution >= 4 is 39.0 Å². The molecule has 1 aromatic carbocycles. The van der Waals surface area contributed by atoms with Crippen molar-refractivity contribution in [2.75, 3.05) is 24.8 Å². The summed E-state index contributed by atoms with van der Waals surface area (Å²) >= 11 is 1.59. The fourth-order valence-corrected chi connectivity index (χ4v) is 2.87. The molecule has 3 rings (SSSR count). The minimum atomic E-state index is 0.596. The van der Waals surface area contributed by atoms with Gasteiger partial charge in [-0.25, -0.2) is 4.98 Å². The number of fused-ring (bicyclic) bond motifs is 1. The van der Waals surface area contributed by atoms with E-state index in [0.717, 1.165) is 33.0 Å². The maximum Gasteiger partial charge on any atom is 0.225 e. The predicted molar refractivity (Wildman–Crippen MR) is 88.0 cm³/mol. The third-order valence-electron chi connectivity index (χ3n) is 3.16. The van der Waals surface area contributed by atoms with Crippen LogP contribution in [0.25, 0.3) is 10.2 Å². The van der Waals surface area contributed by atoms with Gasteiger partial charge in [0.15, 0.2) is 0 Å². The standard InChI is InChI=1S/C15H16N4OS/c1-9-4-5-12(20-3)11(8-9)17-13-10-6-7-21-14(10)19-15(16-2)18-13/h4-8H,1-3H3,(H2,16,17,18,19). The lowest BCUT2D eigenvalue weighted by Crippen LogP contribution is -2.02. The molecule has 108 valence electrons. The number of hydrogen-bond acceptors (Lipinski definition) is 6. The first-order valence-corrected chi connectivity index (χ1v) is 7.44. The Kier molecular flexibility index (Phi) is 3.62. The summed E-state index contributed by atoms with van der Waals surface area (Å²) in [4.78, 5) is 9.90. The third-order valence-corrected chi connectivity index (χ3v) is 3.96. The first kappa shape index (κ1) is 13.6. The van der Waals surface area contributed by atoms with E-state index in [-0.39, 0.29) is 0 Å². The summed E-state index contributed by atoms with van der Waals surface area (Å²) in [6.07, 6.45) is 0. The molecule has 5 nitrogen and oxygen atoms in total. The molecule has 2 N–H and O–H groups in total. The van der Waals surface area contributed by atoms with E-state index in [9.17, 15) is 0 Å². The molecule has 0 aliphatic heterocycles. The van der Waals surface area contributed by atoms with Crippen molar-refractivity contribution in [3.63, 3.8) is 0 Å². The van der Waals surface area contributed by atoms with Crippen LogP contribution in [0.5, 0.6) is 5.75 Å². The lowest BCUT2D eigenvalue weighted by molar-refractivity contribution is 0.416. The van der Waals surface area contributed by atoms with Crippen LogP contribution in [0.3, 0.4) is 0 Å². The molecule has 0 aliphatic rings. The van der Waals surface area contributed by atoms with Gasteiger partial charge in [0.05, 0.1) is 18.2 Å². The highest BCUT2D eigenvalue weighted by atomic mass is 32.1. The Labute approximate surface area is 127 Å². The Morgan fingerprint density at radius 2 is 2.05 bits per heavy atom. The van der Waals surface area contributed by atoms with E-state index in [1.165, 1.54) is 0 Å². The summed E-state index contributed by atoms with van der Waals surface area (Å²) < 4.78 is 5.40. The zero-order valence-electron chi connectivity index (χ0n) is 12.1. The lowest BCUT2D eigenvalue weighted by Gasteiger charge is -2.12. The summed E-state index contributed by atoms with van der Waals surface area (Å²) in [6.45, 7) is 2.05. The molecule has 0 saturated carbocycles. The molecular formula is C15H16N4OS. The minimum absolute atomic E-state index is 0.596. The zero-order valence-corrected chi connectivity index (χ0v) is 12.9. The van der Waals surface area contributed by atoms with Crippen LogP contribution in [0, 0.1) is 6.92 Å². The Morgan fingerprint density at radius 3 is 2.81 bits per heavy atom. The molecule has 0 amide bonds. The van der Waals surface area contributed by atoms with Gasteiger partial charge >= 0.3 is 0 Å². The molecule has 3 aromatic rings. The number of thiophene rings is 1. The van der Waals surface area contributed by atoms with Crippen molar-refractivity contribution in [3.05, 3.63) is 35.2 Å². The summed E-state index contributed by atoms with van der Waals surface area (Å²) in [7, 11) is 3.47. The van der Waals surface area contributed by atoms with Crippen molar-refractivity contribution in [1.82, 2.24) is 9.97 Å². The molecule has 0 radical (unpaired) electrons. The number of aryl methyl sites for hydroxylation is 1. The number of methoxy groups -OCH3 is 1. The molecule has 0 atom stereocenters. The number of anilines is 3. The molecule has 0 bridgehead atoms. The molecule has 21 heavy (non-hydrogen) atoms. The fraction of sp³-hybridized carbons (Fsp3) is 0.200. The van der Waals surface area contributed by atoms with Gasteiger partial charge in [-0.1, -0.05) is 6.07 Å². The highest BCUT2D eigenvalue weighted by Gasteiger charge is 2.11. The summed E-state index contributed by atoms with van der Waals surface area (Å²) in [6, 6.07) is 8.02. The average molecular weight is 300 g/mol. The Morgan fingerprint density at radius 1 is 1.19 bits per heavy atom. The molecule has 2 heterocycles. The van der Waals surface area contributed by atoms with E-state index < -0.39 is 0 Å². The minimum Gasteiger partial charge on any atom is -0.495 e. The van der Waals surface area contributed by atoms with Crippen LogP contribution in [0.2, 0.25) is 0 Å². The van der Waals surface area contributed by atoms with Gasteiger partial charge in [-0.3, -0.25) is 0 Å². The SMILES string of the molecule is CNc1nc(Nc2cc(C)ccc2OC)c2ccsc2n1. The van der Waals surface area contributed by atoms with Crippen LogP contribution < -0.4 is 15.4 Å². The second-order valence-corrected chi connectivity index (χ2v) is 5.51. The van der Waals surface area contributed by atoms with E-state index in [4.69, 9.17) is 4.74 Å². The molecule has 2 aromatic heterocycles. The van der Waals surface area contributed by atoms with Gasteiger partial charge in [-0.15, -0.1) is 11.3 Å². The number of aromatic nitrogens is 2. The Bertz CT molecular complexity index is 784. The van der Waals surface area contributed by atoms with Gasteiger partial charge in [-0.2, -0.15) is 4.98 Å². The largest absolute Gasteiger partial charge is 0.495 e. The number of benzene rings is 1. The molecule has 6 heteroatoms. The quantitative estimate of drug-likeness (QED) is 0.767. The maximum atomic E-state index is 5.40. The molecule has 0 fully saturated rings. The van der Waals surface area contributed by atoms with Crippen molar-refractivity contribution in [2.24, 2.45) is 0 Å². The van der Waals surface area contributed by atoms with Crippen LogP contribution in [-0.4, -0.2) is 24.1 Å². The number of nitrogens with zero attached hydrogens (tertiary/aromatic N) is 2. The predicted octanol–water partition coefficient (Wildman–Crippen LogP) is 3.79. The summed E-state index contributed by atoms with van der Waals surface area (Å²) in [5.41, 5.74) is 2.05. The van der Waals surface area contributed by atoms with E-state index in [1.54, 1.807) is 18.4 Å². The van der Waals surface area contributed by atoms with Gasteiger partial charge in [0, 0.05) is 7.05 Å². The monoisotopic (exact) mass is 300 g/mol. The van der Waals surface area contributed by atoms with E-state index >= 15 is 0 Å². The van der Waals surface area contributed by atoms with Gasteiger partial charge in [0.1, 0.15) is 16.4 Å². The molecular weight excluding hydrogens is 284 g/mol. The zero-order chi connectivity index (χ0) is 14.8. The Balaban J connectivity index is 2.09. The van der Waals surface area contributed by atoms with Crippen molar-refractivity contribution < 1.29 is 4.74 Å². The van der Waals surface area contributed by atoms with Crippen molar-refractivity contribution in [3.8, 4) is 5.75 Å². The van der Waals surface area contributed by atoms with Crippen LogP contribution in [-0.2, 0) is 0 Å². The number of hydrogen-bond donors (Lipinski definition) is 2. The number of ether oxygens (including phenoxy) is 1. The summed E-state index contributed by atoms with van der Waals surface area (Å²) in [5, 5.41) is 9.36. The van der Waals surface area contributed by atoms with Crippen molar-refractivity contribution in [2.45, 2.75) is 6.92 Å². The first-order chi connectivity index (χ1) is 10.2. The first-order valence-electron chi connectivity index (χ1n) is 6.56. The van der Waals surface area contributed by atoms with Crippen LogP contribution in [0.4, 0.5) is 17.5 Å². The maximum absolute atomic E-state index is 5.40. The van der Waals surface area contributed by atoms with Gasteiger partial charge < -0.3 is 15.4 Å². The molecule has 0 spiro atoms. The smallest absolute Gasteiger partial charge is 0.225 e. The van der Waals surface area contributed by atoms with Crippen molar-refractivity contribution in [1.29, 1.82) is 0 Å². The average Bonchev–Trinajstić information content (AvgIpc) is 2.96. The Hall–Kier alpha value is -2.34. The lowest BCUT2D eigenvalue weighted by atomic mass is 10.2.